The summed E-state index contributed by atoms with van der Waals surface area (Å²) in [4.78, 5) is 8.45. The van der Waals surface area contributed by atoms with Crippen molar-refractivity contribution in [1.82, 2.24) is 19.7 Å². The molecule has 0 bridgehead atoms. The lowest BCUT2D eigenvalue weighted by atomic mass is 10.3. The molecule has 2 rings (SSSR count). The van der Waals surface area contributed by atoms with Crippen molar-refractivity contribution in [3.8, 4) is 22.9 Å². The molecule has 6 heteroatoms. The van der Waals surface area contributed by atoms with E-state index in [1.165, 1.54) is 4.68 Å². The maximum atomic E-state index is 12.4. The van der Waals surface area contributed by atoms with E-state index < -0.39 is 14.9 Å². The van der Waals surface area contributed by atoms with Crippen LogP contribution in [0.1, 0.15) is 5.56 Å². The summed E-state index contributed by atoms with van der Waals surface area (Å²) in [5, 5.41) is 3.84. The fourth-order valence-electron chi connectivity index (χ4n) is 1.35. The number of hydrogen-bond acceptors (Lipinski definition) is 3. The molecule has 2 aromatic heterocycles. The van der Waals surface area contributed by atoms with Gasteiger partial charge >= 0.3 is 0 Å². The Morgan fingerprint density at radius 2 is 1.89 bits per heavy atom. The Morgan fingerprint density at radius 1 is 1.21 bits per heavy atom. The third-order valence-corrected chi connectivity index (χ3v) is 3.12. The van der Waals surface area contributed by atoms with Crippen LogP contribution in [0.25, 0.3) is 11.4 Å². The molecule has 0 fully saturated rings. The molecule has 0 radical (unpaired) electrons. The van der Waals surface area contributed by atoms with Crippen LogP contribution in [-0.2, 0) is 6.80 Å². The zero-order valence-corrected chi connectivity index (χ0v) is 12.2. The fourth-order valence-corrected chi connectivity index (χ4v) is 1.87. The molecule has 2 heterocycles. The number of nitrogens with zero attached hydrogens (tertiary/aromatic N) is 4. The highest BCUT2D eigenvalue weighted by atomic mass is 28.3. The van der Waals surface area contributed by atoms with Gasteiger partial charge in [0.2, 0.25) is 0 Å². The molecular formula is C13H15FN4Si. The summed E-state index contributed by atoms with van der Waals surface area (Å²) in [5.41, 5.74) is 4.75. The van der Waals surface area contributed by atoms with Crippen LogP contribution >= 0.6 is 0 Å². The smallest absolute Gasteiger partial charge is 0.181 e. The number of aromatic nitrogens is 4. The average molecular weight is 274 g/mol. The molecule has 0 N–H and O–H groups in total. The van der Waals surface area contributed by atoms with Crippen LogP contribution in [-0.4, -0.2) is 27.8 Å². The fraction of sp³-hybridized carbons (Fsp3) is 0.308. The van der Waals surface area contributed by atoms with Crippen molar-refractivity contribution in [2.45, 2.75) is 26.4 Å². The van der Waals surface area contributed by atoms with E-state index in [4.69, 9.17) is 0 Å². The van der Waals surface area contributed by atoms with E-state index in [0.717, 1.165) is 5.56 Å². The van der Waals surface area contributed by atoms with E-state index >= 15 is 0 Å². The number of halogens is 1. The van der Waals surface area contributed by atoms with Gasteiger partial charge in [-0.25, -0.2) is 19.0 Å². The van der Waals surface area contributed by atoms with Crippen LogP contribution in [0.5, 0.6) is 0 Å². The van der Waals surface area contributed by atoms with Gasteiger partial charge in [0.15, 0.2) is 12.6 Å². The SMILES string of the molecule is C[Si](C)(C)C#Cc1cnc(-c2cnn(CF)c2)nc1. The van der Waals surface area contributed by atoms with Gasteiger partial charge in [-0.1, -0.05) is 25.6 Å². The Kier molecular flexibility index (Phi) is 3.76. The molecule has 0 aromatic carbocycles. The van der Waals surface area contributed by atoms with Crippen LogP contribution in [0.15, 0.2) is 24.8 Å². The number of rotatable bonds is 2. The summed E-state index contributed by atoms with van der Waals surface area (Å²) in [5.74, 6) is 3.61. The third-order valence-electron chi connectivity index (χ3n) is 2.25. The maximum absolute atomic E-state index is 12.4. The van der Waals surface area contributed by atoms with E-state index in [2.05, 4.69) is 46.2 Å². The first-order valence-electron chi connectivity index (χ1n) is 5.92. The van der Waals surface area contributed by atoms with Gasteiger partial charge in [-0.2, -0.15) is 5.10 Å². The van der Waals surface area contributed by atoms with Crippen molar-refractivity contribution in [3.63, 3.8) is 0 Å². The van der Waals surface area contributed by atoms with E-state index in [1.54, 1.807) is 24.8 Å². The second-order valence-electron chi connectivity index (χ2n) is 5.18. The summed E-state index contributed by atoms with van der Waals surface area (Å²) in [7, 11) is -1.39. The summed E-state index contributed by atoms with van der Waals surface area (Å²) in [6, 6.07) is 0. The molecule has 0 amide bonds. The van der Waals surface area contributed by atoms with Gasteiger partial charge in [0, 0.05) is 18.6 Å². The highest BCUT2D eigenvalue weighted by molar-refractivity contribution is 6.83. The normalized spacial score (nSPS) is 10.9. The van der Waals surface area contributed by atoms with Crippen molar-refractivity contribution in [1.29, 1.82) is 0 Å². The Bertz CT molecular complexity index is 617. The van der Waals surface area contributed by atoms with Crippen molar-refractivity contribution in [2.75, 3.05) is 0 Å². The van der Waals surface area contributed by atoms with E-state index in [9.17, 15) is 4.39 Å². The van der Waals surface area contributed by atoms with E-state index in [-0.39, 0.29) is 0 Å². The Labute approximate surface area is 112 Å². The second kappa shape index (κ2) is 5.32. The van der Waals surface area contributed by atoms with Crippen LogP contribution in [0.3, 0.4) is 0 Å². The molecule has 0 spiro atoms. The molecule has 4 nitrogen and oxygen atoms in total. The monoisotopic (exact) mass is 274 g/mol. The topological polar surface area (TPSA) is 43.6 Å². The molecule has 0 saturated heterocycles. The van der Waals surface area contributed by atoms with Gasteiger partial charge in [0.1, 0.15) is 8.07 Å². The third kappa shape index (κ3) is 3.73. The lowest BCUT2D eigenvalue weighted by molar-refractivity contribution is 0.350. The molecule has 98 valence electrons. The van der Waals surface area contributed by atoms with E-state index in [0.29, 0.717) is 11.4 Å². The standard InChI is InChI=1S/C13H15FN4Si/c1-19(2,3)5-4-11-6-15-13(16-7-11)12-8-17-18(9-12)10-14/h6-9H,10H2,1-3H3. The van der Waals surface area contributed by atoms with Gasteiger partial charge in [0.05, 0.1) is 17.3 Å². The molecule has 0 unspecified atom stereocenters. The number of hydrogen-bond donors (Lipinski definition) is 0. The van der Waals surface area contributed by atoms with Crippen LogP contribution in [0, 0.1) is 11.5 Å². The summed E-state index contributed by atoms with van der Waals surface area (Å²) >= 11 is 0. The predicted molar refractivity (Wildman–Crippen MR) is 74.6 cm³/mol. The van der Waals surface area contributed by atoms with Gasteiger partial charge in [-0.05, 0) is 0 Å². The van der Waals surface area contributed by atoms with Crippen molar-refractivity contribution in [3.05, 3.63) is 30.4 Å². The zero-order chi connectivity index (χ0) is 13.9. The first-order chi connectivity index (χ1) is 8.98. The molecule has 0 aliphatic heterocycles. The molecule has 0 aliphatic rings. The summed E-state index contributed by atoms with van der Waals surface area (Å²) in [6.07, 6.45) is 6.48. The average Bonchev–Trinajstić information content (AvgIpc) is 2.85. The lowest BCUT2D eigenvalue weighted by Crippen LogP contribution is -2.16. The Hall–Kier alpha value is -2.00. The van der Waals surface area contributed by atoms with Gasteiger partial charge in [-0.3, -0.25) is 0 Å². The molecule has 19 heavy (non-hydrogen) atoms. The van der Waals surface area contributed by atoms with Crippen molar-refractivity contribution >= 4 is 8.07 Å². The largest absolute Gasteiger partial charge is 0.241 e. The van der Waals surface area contributed by atoms with Gasteiger partial charge in [-0.15, -0.1) is 5.54 Å². The van der Waals surface area contributed by atoms with Gasteiger partial charge < -0.3 is 0 Å². The van der Waals surface area contributed by atoms with Crippen molar-refractivity contribution in [2.24, 2.45) is 0 Å². The quantitative estimate of drug-likeness (QED) is 0.624. The van der Waals surface area contributed by atoms with Crippen LogP contribution in [0.2, 0.25) is 19.6 Å². The van der Waals surface area contributed by atoms with Crippen LogP contribution < -0.4 is 0 Å². The van der Waals surface area contributed by atoms with Crippen LogP contribution in [0.4, 0.5) is 4.39 Å². The minimum atomic E-state index is -1.39. The molecule has 0 aliphatic carbocycles. The summed E-state index contributed by atoms with van der Waals surface area (Å²) in [6.45, 7) is 5.89. The van der Waals surface area contributed by atoms with E-state index in [1.807, 2.05) is 0 Å². The minimum absolute atomic E-state index is 0.526. The molecule has 0 saturated carbocycles. The second-order valence-corrected chi connectivity index (χ2v) is 9.93. The van der Waals surface area contributed by atoms with Gasteiger partial charge in [0.25, 0.3) is 0 Å². The Morgan fingerprint density at radius 3 is 2.42 bits per heavy atom. The lowest BCUT2D eigenvalue weighted by Gasteiger charge is -2.03. The molecular weight excluding hydrogens is 259 g/mol. The molecule has 2 aromatic rings. The predicted octanol–water partition coefficient (Wildman–Crippen LogP) is 2.50. The highest BCUT2D eigenvalue weighted by Gasteiger charge is 2.08. The van der Waals surface area contributed by atoms with Crippen molar-refractivity contribution < 1.29 is 4.39 Å². The first-order valence-corrected chi connectivity index (χ1v) is 9.42. The maximum Gasteiger partial charge on any atom is 0.181 e. The summed E-state index contributed by atoms with van der Waals surface area (Å²) < 4.78 is 13.6. The molecule has 0 atom stereocenters. The zero-order valence-electron chi connectivity index (χ0n) is 11.2. The highest BCUT2D eigenvalue weighted by Crippen LogP contribution is 2.12. The number of alkyl halides is 1. The minimum Gasteiger partial charge on any atom is -0.241 e. The first kappa shape index (κ1) is 13.4. The Balaban J connectivity index is 2.20.